The summed E-state index contributed by atoms with van der Waals surface area (Å²) in [5.41, 5.74) is -0.0662. The first-order valence-electron chi connectivity index (χ1n) is 11.6. The van der Waals surface area contributed by atoms with Gasteiger partial charge in [0, 0.05) is 12.8 Å². The number of ether oxygens (including phenoxy) is 2. The molecule has 0 aromatic heterocycles. The molecule has 0 N–H and O–H groups in total. The summed E-state index contributed by atoms with van der Waals surface area (Å²) in [4.78, 5) is 23.5. The molecule has 0 aliphatic heterocycles. The second-order valence-electron chi connectivity index (χ2n) is 9.11. The summed E-state index contributed by atoms with van der Waals surface area (Å²) < 4.78 is 10.6. The number of rotatable bonds is 17. The zero-order chi connectivity index (χ0) is 21.3. The quantitative estimate of drug-likeness (QED) is 0.196. The van der Waals surface area contributed by atoms with Crippen molar-refractivity contribution < 1.29 is 19.1 Å². The standard InChI is InChI=1S/C24H46O4/c1-6-7-8-9-10-11-12-13-14-15-16-20-27-22(25)18-17-19-23(26)28-21(2)24(3,4)5/h21H,6-20H2,1-5H3. The van der Waals surface area contributed by atoms with E-state index in [1.807, 2.05) is 27.7 Å². The Kier molecular flexibility index (Phi) is 16.2. The molecule has 4 heteroatoms. The van der Waals surface area contributed by atoms with Crippen molar-refractivity contribution >= 4 is 11.9 Å². The highest BCUT2D eigenvalue weighted by Gasteiger charge is 2.23. The van der Waals surface area contributed by atoms with E-state index in [1.54, 1.807) is 0 Å². The van der Waals surface area contributed by atoms with Crippen LogP contribution in [0.5, 0.6) is 0 Å². The molecule has 0 aliphatic rings. The van der Waals surface area contributed by atoms with Gasteiger partial charge < -0.3 is 9.47 Å². The van der Waals surface area contributed by atoms with Gasteiger partial charge in [-0.25, -0.2) is 0 Å². The van der Waals surface area contributed by atoms with Gasteiger partial charge in [0.25, 0.3) is 0 Å². The predicted molar refractivity (Wildman–Crippen MR) is 116 cm³/mol. The van der Waals surface area contributed by atoms with Crippen LogP contribution in [0.25, 0.3) is 0 Å². The average molecular weight is 399 g/mol. The fraction of sp³-hybridized carbons (Fsp3) is 0.917. The second kappa shape index (κ2) is 16.9. The highest BCUT2D eigenvalue weighted by Crippen LogP contribution is 2.22. The molecule has 0 aromatic carbocycles. The minimum Gasteiger partial charge on any atom is -0.466 e. The van der Waals surface area contributed by atoms with E-state index in [9.17, 15) is 9.59 Å². The van der Waals surface area contributed by atoms with Gasteiger partial charge in [0.05, 0.1) is 6.61 Å². The molecule has 0 amide bonds. The Morgan fingerprint density at radius 1 is 0.714 bits per heavy atom. The van der Waals surface area contributed by atoms with Gasteiger partial charge in [-0.15, -0.1) is 0 Å². The van der Waals surface area contributed by atoms with E-state index >= 15 is 0 Å². The van der Waals surface area contributed by atoms with Crippen molar-refractivity contribution in [2.75, 3.05) is 6.61 Å². The van der Waals surface area contributed by atoms with E-state index in [1.165, 1.54) is 57.8 Å². The van der Waals surface area contributed by atoms with Crippen molar-refractivity contribution in [1.29, 1.82) is 0 Å². The lowest BCUT2D eigenvalue weighted by Crippen LogP contribution is -2.28. The molecule has 1 atom stereocenters. The molecule has 0 rings (SSSR count). The van der Waals surface area contributed by atoms with E-state index < -0.39 is 0 Å². The topological polar surface area (TPSA) is 52.6 Å². The predicted octanol–water partition coefficient (Wildman–Crippen LogP) is 6.99. The van der Waals surface area contributed by atoms with E-state index in [0.29, 0.717) is 13.0 Å². The molecule has 0 aromatic rings. The second-order valence-corrected chi connectivity index (χ2v) is 9.11. The van der Waals surface area contributed by atoms with Crippen LogP contribution in [0.2, 0.25) is 0 Å². The molecule has 0 saturated carbocycles. The van der Waals surface area contributed by atoms with Crippen LogP contribution in [0.15, 0.2) is 0 Å². The van der Waals surface area contributed by atoms with Crippen molar-refractivity contribution in [3.05, 3.63) is 0 Å². The number of esters is 2. The van der Waals surface area contributed by atoms with Gasteiger partial charge in [-0.3, -0.25) is 9.59 Å². The first-order chi connectivity index (χ1) is 13.3. The molecule has 0 saturated heterocycles. The van der Waals surface area contributed by atoms with Crippen molar-refractivity contribution in [3.8, 4) is 0 Å². The summed E-state index contributed by atoms with van der Waals surface area (Å²) in [6.45, 7) is 10.8. The molecule has 28 heavy (non-hydrogen) atoms. The van der Waals surface area contributed by atoms with E-state index in [0.717, 1.165) is 12.8 Å². The maximum atomic E-state index is 11.8. The van der Waals surface area contributed by atoms with Gasteiger partial charge in [-0.1, -0.05) is 91.9 Å². The van der Waals surface area contributed by atoms with Crippen LogP contribution in [-0.4, -0.2) is 24.6 Å². The van der Waals surface area contributed by atoms with Crippen LogP contribution in [0, 0.1) is 5.41 Å². The summed E-state index contributed by atoms with van der Waals surface area (Å²) in [6, 6.07) is 0. The lowest BCUT2D eigenvalue weighted by molar-refractivity contribution is -0.153. The Bertz CT molecular complexity index is 398. The van der Waals surface area contributed by atoms with Crippen LogP contribution in [0.3, 0.4) is 0 Å². The van der Waals surface area contributed by atoms with Crippen LogP contribution >= 0.6 is 0 Å². The summed E-state index contributed by atoms with van der Waals surface area (Å²) in [7, 11) is 0. The number of carbonyl (C=O) groups is 2. The number of hydrogen-bond acceptors (Lipinski definition) is 4. The van der Waals surface area contributed by atoms with Gasteiger partial charge in [0.2, 0.25) is 0 Å². The van der Waals surface area contributed by atoms with Gasteiger partial charge in [-0.05, 0) is 25.2 Å². The third-order valence-corrected chi connectivity index (χ3v) is 5.30. The minimum atomic E-state index is -0.236. The molecule has 0 bridgehead atoms. The lowest BCUT2D eigenvalue weighted by Gasteiger charge is -2.26. The van der Waals surface area contributed by atoms with Crippen molar-refractivity contribution in [2.45, 2.75) is 131 Å². The molecular formula is C24H46O4. The normalized spacial score (nSPS) is 12.6. The smallest absolute Gasteiger partial charge is 0.306 e. The Balaban J connectivity index is 3.43. The third-order valence-electron chi connectivity index (χ3n) is 5.30. The van der Waals surface area contributed by atoms with Crippen molar-refractivity contribution in [1.82, 2.24) is 0 Å². The average Bonchev–Trinajstić information content (AvgIpc) is 2.61. The fourth-order valence-corrected chi connectivity index (χ4v) is 2.83. The highest BCUT2D eigenvalue weighted by molar-refractivity contribution is 5.72. The summed E-state index contributed by atoms with van der Waals surface area (Å²) in [6.07, 6.45) is 15.0. The van der Waals surface area contributed by atoms with Gasteiger partial charge in [0.15, 0.2) is 0 Å². The van der Waals surface area contributed by atoms with E-state index in [4.69, 9.17) is 9.47 Å². The lowest BCUT2D eigenvalue weighted by atomic mass is 9.90. The molecule has 0 aliphatic carbocycles. The van der Waals surface area contributed by atoms with Gasteiger partial charge in [-0.2, -0.15) is 0 Å². The first-order valence-corrected chi connectivity index (χ1v) is 11.6. The van der Waals surface area contributed by atoms with Crippen LogP contribution in [0.1, 0.15) is 125 Å². The highest BCUT2D eigenvalue weighted by atomic mass is 16.5. The third kappa shape index (κ3) is 17.1. The Morgan fingerprint density at radius 2 is 1.18 bits per heavy atom. The molecule has 166 valence electrons. The van der Waals surface area contributed by atoms with Crippen LogP contribution in [-0.2, 0) is 19.1 Å². The Morgan fingerprint density at radius 3 is 1.68 bits per heavy atom. The summed E-state index contributed by atoms with van der Waals surface area (Å²) >= 11 is 0. The molecule has 0 fully saturated rings. The zero-order valence-electron chi connectivity index (χ0n) is 19.3. The SMILES string of the molecule is CCCCCCCCCCCCCOC(=O)CCCC(=O)OC(C)C(C)(C)C. The fourth-order valence-electron chi connectivity index (χ4n) is 2.83. The van der Waals surface area contributed by atoms with E-state index in [2.05, 4.69) is 6.92 Å². The largest absolute Gasteiger partial charge is 0.466 e. The molecular weight excluding hydrogens is 352 g/mol. The van der Waals surface area contributed by atoms with E-state index in [-0.39, 0.29) is 36.3 Å². The van der Waals surface area contributed by atoms with Crippen LogP contribution < -0.4 is 0 Å². The maximum Gasteiger partial charge on any atom is 0.306 e. The van der Waals surface area contributed by atoms with Crippen LogP contribution in [0.4, 0.5) is 0 Å². The minimum absolute atomic E-state index is 0.0662. The number of carbonyl (C=O) groups excluding carboxylic acids is 2. The summed E-state index contributed by atoms with van der Waals surface area (Å²) in [5.74, 6) is -0.440. The van der Waals surface area contributed by atoms with Crippen molar-refractivity contribution in [2.24, 2.45) is 5.41 Å². The van der Waals surface area contributed by atoms with Gasteiger partial charge >= 0.3 is 11.9 Å². The Labute approximate surface area is 174 Å². The number of unbranched alkanes of at least 4 members (excludes halogenated alkanes) is 10. The molecule has 4 nitrogen and oxygen atoms in total. The zero-order valence-corrected chi connectivity index (χ0v) is 19.3. The monoisotopic (exact) mass is 398 g/mol. The van der Waals surface area contributed by atoms with Gasteiger partial charge in [0.1, 0.15) is 6.10 Å². The number of hydrogen-bond donors (Lipinski definition) is 0. The molecule has 0 spiro atoms. The maximum absolute atomic E-state index is 11.8. The molecule has 0 radical (unpaired) electrons. The molecule has 1 unspecified atom stereocenters. The molecule has 0 heterocycles. The summed E-state index contributed by atoms with van der Waals surface area (Å²) in [5, 5.41) is 0. The first kappa shape index (κ1) is 26.9. The van der Waals surface area contributed by atoms with Crippen molar-refractivity contribution in [3.63, 3.8) is 0 Å². The Hall–Kier alpha value is -1.06.